The van der Waals surface area contributed by atoms with Crippen LogP contribution in [0.25, 0.3) is 16.6 Å². The van der Waals surface area contributed by atoms with E-state index in [1.54, 1.807) is 30.3 Å². The molecule has 1 aromatic heterocycles. The first-order chi connectivity index (χ1) is 18.8. The van der Waals surface area contributed by atoms with E-state index in [1.165, 1.54) is 45.6 Å². The van der Waals surface area contributed by atoms with E-state index < -0.39 is 18.4 Å². The van der Waals surface area contributed by atoms with Gasteiger partial charge in [-0.1, -0.05) is 6.07 Å². The van der Waals surface area contributed by atoms with Gasteiger partial charge in [0.1, 0.15) is 16.8 Å². The van der Waals surface area contributed by atoms with Crippen molar-refractivity contribution >= 4 is 34.3 Å². The minimum absolute atomic E-state index is 0.0247. The molecule has 0 saturated heterocycles. The van der Waals surface area contributed by atoms with Crippen LogP contribution in [0.1, 0.15) is 16.7 Å². The van der Waals surface area contributed by atoms with E-state index in [1.807, 2.05) is 0 Å². The zero-order chi connectivity index (χ0) is 27.7. The molecule has 202 valence electrons. The molecular formula is C27H22F2N2O7S. The first-order valence-electron chi connectivity index (χ1n) is 11.5. The maximum atomic E-state index is 13.3. The molecule has 5 rings (SSSR count). The molecular weight excluding hydrogens is 534 g/mol. The highest BCUT2D eigenvalue weighted by molar-refractivity contribution is 7.00. The zero-order valence-electron chi connectivity index (χ0n) is 20.9. The molecule has 0 amide bonds. The largest absolute Gasteiger partial charge is 0.493 e. The molecule has 1 aliphatic rings. The average Bonchev–Trinajstić information content (AvgIpc) is 3.49. The van der Waals surface area contributed by atoms with Crippen molar-refractivity contribution < 1.29 is 42.4 Å². The van der Waals surface area contributed by atoms with Gasteiger partial charge in [0.25, 0.3) is 5.79 Å². The fraction of sp³-hybridized carbons (Fsp3) is 0.222. The molecule has 1 atom stereocenters. The molecule has 0 saturated carbocycles. The summed E-state index contributed by atoms with van der Waals surface area (Å²) in [5, 5.41) is 11.9. The number of halogens is 2. The van der Waals surface area contributed by atoms with Gasteiger partial charge in [-0.15, -0.1) is 0 Å². The first-order valence-corrected chi connectivity index (χ1v) is 12.3. The van der Waals surface area contributed by atoms with Crippen molar-refractivity contribution in [2.24, 2.45) is 0 Å². The van der Waals surface area contributed by atoms with Crippen LogP contribution in [-0.4, -0.2) is 47.8 Å². The second kappa shape index (κ2) is 10.5. The summed E-state index contributed by atoms with van der Waals surface area (Å²) in [4.78, 5) is 13.3. The second-order valence-electron chi connectivity index (χ2n) is 8.47. The number of cyclic esters (lactones) is 1. The van der Waals surface area contributed by atoms with Crippen molar-refractivity contribution in [1.82, 2.24) is 8.75 Å². The van der Waals surface area contributed by atoms with E-state index in [2.05, 4.69) is 13.5 Å². The fourth-order valence-corrected chi connectivity index (χ4v) is 5.03. The van der Waals surface area contributed by atoms with E-state index in [4.69, 9.17) is 18.9 Å². The van der Waals surface area contributed by atoms with Crippen LogP contribution >= 0.6 is 11.7 Å². The summed E-state index contributed by atoms with van der Waals surface area (Å²) in [5.41, 5.74) is 2.81. The summed E-state index contributed by atoms with van der Waals surface area (Å²) in [6, 6.07) is 13.7. The number of aromatic nitrogens is 2. The number of benzene rings is 3. The number of alkyl halides is 2. The van der Waals surface area contributed by atoms with Gasteiger partial charge in [0.05, 0.1) is 38.6 Å². The Morgan fingerprint density at radius 2 is 1.62 bits per heavy atom. The van der Waals surface area contributed by atoms with Crippen molar-refractivity contribution in [1.29, 1.82) is 0 Å². The topological polar surface area (TPSA) is 109 Å². The van der Waals surface area contributed by atoms with Gasteiger partial charge in [-0.3, -0.25) is 0 Å². The van der Waals surface area contributed by atoms with Crippen molar-refractivity contribution in [3.63, 3.8) is 0 Å². The summed E-state index contributed by atoms with van der Waals surface area (Å²) in [6.45, 7) is -3.01. The fourth-order valence-electron chi connectivity index (χ4n) is 4.51. The molecule has 1 N–H and O–H groups in total. The maximum absolute atomic E-state index is 13.3. The molecule has 1 aliphatic heterocycles. The third kappa shape index (κ3) is 4.84. The molecule has 0 bridgehead atoms. The maximum Gasteiger partial charge on any atom is 0.387 e. The molecule has 0 radical (unpaired) electrons. The van der Waals surface area contributed by atoms with E-state index in [0.717, 1.165) is 11.7 Å². The van der Waals surface area contributed by atoms with Gasteiger partial charge in [0.2, 0.25) is 5.75 Å². The van der Waals surface area contributed by atoms with Gasteiger partial charge in [-0.2, -0.15) is 17.5 Å². The predicted octanol–water partition coefficient (Wildman–Crippen LogP) is 4.72. The number of carbonyl (C=O) groups excluding carboxylic acids is 1. The number of ether oxygens (including phenoxy) is 5. The molecule has 9 nitrogen and oxygen atoms in total. The standard InChI is InChI=1S/C27H22F2N2O7S/c1-34-21-11-14(12-22(35-2)24(21)36-3)10-18-23(15-4-9-19-20(13-15)31-39-30-19)25(32)38-27(18,33)16-5-7-17(8-6-16)37-26(28)29/h4-9,11-13,26,33H,10H2,1-3H3. The van der Waals surface area contributed by atoms with Crippen molar-refractivity contribution in [3.8, 4) is 23.0 Å². The van der Waals surface area contributed by atoms with Gasteiger partial charge in [-0.25, -0.2) is 4.79 Å². The summed E-state index contributed by atoms with van der Waals surface area (Å²) in [7, 11) is 4.43. The molecule has 1 unspecified atom stereocenters. The van der Waals surface area contributed by atoms with E-state index >= 15 is 0 Å². The second-order valence-corrected chi connectivity index (χ2v) is 9.00. The smallest absolute Gasteiger partial charge is 0.387 e. The monoisotopic (exact) mass is 556 g/mol. The van der Waals surface area contributed by atoms with E-state index in [9.17, 15) is 18.7 Å². The highest BCUT2D eigenvalue weighted by Crippen LogP contribution is 2.47. The summed E-state index contributed by atoms with van der Waals surface area (Å²) in [6.07, 6.45) is 0.0247. The Morgan fingerprint density at radius 1 is 0.949 bits per heavy atom. The number of fused-ring (bicyclic) bond motifs is 1. The molecule has 4 aromatic rings. The SMILES string of the molecule is COc1cc(CC2=C(c3ccc4nsnc4c3)C(=O)OC2(O)c2ccc(OC(F)F)cc2)cc(OC)c1OC. The predicted molar refractivity (Wildman–Crippen MR) is 137 cm³/mol. The zero-order valence-corrected chi connectivity index (χ0v) is 21.8. The van der Waals surface area contributed by atoms with Gasteiger partial charge in [0, 0.05) is 17.6 Å². The Kier molecular flexibility index (Phi) is 7.06. The van der Waals surface area contributed by atoms with Crippen molar-refractivity contribution in [2.45, 2.75) is 18.8 Å². The summed E-state index contributed by atoms with van der Waals surface area (Å²) >= 11 is 1.04. The molecule has 3 aromatic carbocycles. The lowest BCUT2D eigenvalue weighted by molar-refractivity contribution is -0.185. The third-order valence-electron chi connectivity index (χ3n) is 6.27. The van der Waals surface area contributed by atoms with Crippen molar-refractivity contribution in [3.05, 3.63) is 76.9 Å². The molecule has 0 aliphatic carbocycles. The number of carbonyl (C=O) groups is 1. The van der Waals surface area contributed by atoms with E-state index in [0.29, 0.717) is 39.4 Å². The summed E-state index contributed by atoms with van der Waals surface area (Å²) < 4.78 is 60.1. The number of nitrogens with zero attached hydrogens (tertiary/aromatic N) is 2. The summed E-state index contributed by atoms with van der Waals surface area (Å²) in [5.74, 6) is -1.96. The highest BCUT2D eigenvalue weighted by atomic mass is 32.1. The van der Waals surface area contributed by atoms with Crippen LogP contribution in [0.5, 0.6) is 23.0 Å². The average molecular weight is 557 g/mol. The van der Waals surface area contributed by atoms with Crippen LogP contribution in [0.15, 0.2) is 60.2 Å². The minimum atomic E-state index is -3.01. The minimum Gasteiger partial charge on any atom is -0.493 e. The normalized spacial score (nSPS) is 17.1. The molecule has 2 heterocycles. The third-order valence-corrected chi connectivity index (χ3v) is 6.83. The number of rotatable bonds is 9. The van der Waals surface area contributed by atoms with E-state index in [-0.39, 0.29) is 28.9 Å². The Bertz CT molecular complexity index is 1550. The van der Waals surface area contributed by atoms with Crippen LogP contribution in [0.2, 0.25) is 0 Å². The van der Waals surface area contributed by atoms with Crippen LogP contribution in [-0.2, 0) is 21.7 Å². The van der Waals surface area contributed by atoms with Gasteiger partial charge in [-0.05, 0) is 59.7 Å². The highest BCUT2D eigenvalue weighted by Gasteiger charge is 2.48. The number of aliphatic hydroxyl groups is 1. The van der Waals surface area contributed by atoms with Crippen molar-refractivity contribution in [2.75, 3.05) is 21.3 Å². The van der Waals surface area contributed by atoms with Gasteiger partial charge in [0.15, 0.2) is 11.5 Å². The number of methoxy groups -OCH3 is 3. The number of hydrogen-bond acceptors (Lipinski definition) is 10. The number of hydrogen-bond donors (Lipinski definition) is 1. The van der Waals surface area contributed by atoms with Crippen LogP contribution in [0.4, 0.5) is 8.78 Å². The Labute approximate surface area is 225 Å². The lowest BCUT2D eigenvalue weighted by atomic mass is 9.88. The van der Waals surface area contributed by atoms with Gasteiger partial charge >= 0.3 is 12.6 Å². The molecule has 0 spiro atoms. The van der Waals surface area contributed by atoms with Gasteiger partial charge < -0.3 is 28.8 Å². The molecule has 12 heteroatoms. The Morgan fingerprint density at radius 3 is 2.23 bits per heavy atom. The lowest BCUT2D eigenvalue weighted by Gasteiger charge is -2.26. The first kappa shape index (κ1) is 26.3. The van der Waals surface area contributed by atoms with Crippen LogP contribution in [0.3, 0.4) is 0 Å². The lowest BCUT2D eigenvalue weighted by Crippen LogP contribution is -2.29. The number of esters is 1. The molecule has 0 fully saturated rings. The quantitative estimate of drug-likeness (QED) is 0.293. The van der Waals surface area contributed by atoms with Crippen LogP contribution < -0.4 is 18.9 Å². The Hall–Kier alpha value is -4.29. The Balaban J connectivity index is 1.67. The van der Waals surface area contributed by atoms with Crippen LogP contribution in [0, 0.1) is 0 Å². The molecule has 39 heavy (non-hydrogen) atoms.